The highest BCUT2D eigenvalue weighted by Crippen LogP contribution is 2.20. The van der Waals surface area contributed by atoms with Crippen molar-refractivity contribution in [2.75, 3.05) is 41.0 Å². The number of hydrogen-bond donors (Lipinski definition) is 2. The smallest absolute Gasteiger partial charge is 0.253 e. The molecule has 0 saturated carbocycles. The summed E-state index contributed by atoms with van der Waals surface area (Å²) in [5.41, 5.74) is 3.94. The van der Waals surface area contributed by atoms with Crippen LogP contribution in [0.1, 0.15) is 40.4 Å². The van der Waals surface area contributed by atoms with Gasteiger partial charge in [0, 0.05) is 58.4 Å². The SMILES string of the molecule is CCNC(=NCc1ccc(C(=O)N(C)C)cc1)NCc1ccc(C)cc1OCCCOC. The minimum Gasteiger partial charge on any atom is -0.493 e. The lowest BCUT2D eigenvalue weighted by molar-refractivity contribution is 0.0827. The first-order valence-electron chi connectivity index (χ1n) is 11.0. The Morgan fingerprint density at radius 2 is 1.81 bits per heavy atom. The molecule has 2 N–H and O–H groups in total. The molecule has 0 spiro atoms. The first kappa shape index (κ1) is 25.2. The van der Waals surface area contributed by atoms with Gasteiger partial charge >= 0.3 is 0 Å². The van der Waals surface area contributed by atoms with E-state index >= 15 is 0 Å². The maximum Gasteiger partial charge on any atom is 0.253 e. The van der Waals surface area contributed by atoms with E-state index in [2.05, 4.69) is 40.7 Å². The fourth-order valence-electron chi connectivity index (χ4n) is 3.03. The molecule has 0 radical (unpaired) electrons. The van der Waals surface area contributed by atoms with Crippen LogP contribution in [0.25, 0.3) is 0 Å². The first-order chi connectivity index (χ1) is 15.4. The van der Waals surface area contributed by atoms with E-state index in [0.29, 0.717) is 31.9 Å². The molecule has 0 fully saturated rings. The molecule has 0 unspecified atom stereocenters. The van der Waals surface area contributed by atoms with Crippen LogP contribution in [-0.2, 0) is 17.8 Å². The Balaban J connectivity index is 2.01. The molecule has 1 amide bonds. The molecule has 174 valence electrons. The molecule has 0 atom stereocenters. The van der Waals surface area contributed by atoms with E-state index in [9.17, 15) is 4.79 Å². The number of nitrogens with one attached hydrogen (secondary N) is 2. The minimum absolute atomic E-state index is 0.00611. The van der Waals surface area contributed by atoms with Crippen molar-refractivity contribution in [1.82, 2.24) is 15.5 Å². The molecular weight excluding hydrogens is 404 g/mol. The van der Waals surface area contributed by atoms with Crippen molar-refractivity contribution in [1.29, 1.82) is 0 Å². The summed E-state index contributed by atoms with van der Waals surface area (Å²) < 4.78 is 11.1. The van der Waals surface area contributed by atoms with Gasteiger partial charge in [-0.05, 0) is 43.2 Å². The summed E-state index contributed by atoms with van der Waals surface area (Å²) in [5.74, 6) is 1.60. The molecule has 0 saturated heterocycles. The number of aryl methyl sites for hydroxylation is 1. The Kier molecular flexibility index (Phi) is 10.5. The number of amides is 1. The molecule has 7 nitrogen and oxygen atoms in total. The van der Waals surface area contributed by atoms with Crippen LogP contribution in [0.3, 0.4) is 0 Å². The van der Waals surface area contributed by atoms with Gasteiger partial charge in [-0.3, -0.25) is 4.79 Å². The third-order valence-corrected chi connectivity index (χ3v) is 4.79. The van der Waals surface area contributed by atoms with Crippen molar-refractivity contribution in [3.63, 3.8) is 0 Å². The average Bonchev–Trinajstić information content (AvgIpc) is 2.79. The van der Waals surface area contributed by atoms with Crippen LogP contribution in [0.5, 0.6) is 5.75 Å². The number of hydrogen-bond acceptors (Lipinski definition) is 4. The second-order valence-electron chi connectivity index (χ2n) is 7.75. The average molecular weight is 441 g/mol. The third kappa shape index (κ3) is 8.23. The molecule has 2 aromatic carbocycles. The lowest BCUT2D eigenvalue weighted by atomic mass is 10.1. The van der Waals surface area contributed by atoms with E-state index < -0.39 is 0 Å². The normalized spacial score (nSPS) is 11.2. The largest absolute Gasteiger partial charge is 0.493 e. The Morgan fingerprint density at radius 3 is 2.47 bits per heavy atom. The van der Waals surface area contributed by atoms with Crippen molar-refractivity contribution in [2.24, 2.45) is 4.99 Å². The molecule has 0 aliphatic heterocycles. The lowest BCUT2D eigenvalue weighted by Gasteiger charge is -2.15. The Labute approximate surface area is 191 Å². The van der Waals surface area contributed by atoms with Crippen LogP contribution in [0.15, 0.2) is 47.5 Å². The van der Waals surface area contributed by atoms with Crippen molar-refractivity contribution >= 4 is 11.9 Å². The predicted molar refractivity (Wildman–Crippen MR) is 129 cm³/mol. The van der Waals surface area contributed by atoms with Crippen LogP contribution >= 0.6 is 0 Å². The summed E-state index contributed by atoms with van der Waals surface area (Å²) in [4.78, 5) is 18.3. The number of carbonyl (C=O) groups excluding carboxylic acids is 1. The second kappa shape index (κ2) is 13.4. The number of benzene rings is 2. The summed E-state index contributed by atoms with van der Waals surface area (Å²) in [6.45, 7) is 7.27. The zero-order valence-electron chi connectivity index (χ0n) is 19.9. The maximum atomic E-state index is 12.0. The summed E-state index contributed by atoms with van der Waals surface area (Å²) in [5, 5.41) is 6.67. The predicted octanol–water partition coefficient (Wildman–Crippen LogP) is 3.37. The fourth-order valence-corrected chi connectivity index (χ4v) is 3.03. The number of guanidine groups is 1. The van der Waals surface area contributed by atoms with Crippen molar-refractivity contribution in [2.45, 2.75) is 33.4 Å². The Hall–Kier alpha value is -3.06. The van der Waals surface area contributed by atoms with Gasteiger partial charge in [0.15, 0.2) is 5.96 Å². The Morgan fingerprint density at radius 1 is 1.06 bits per heavy atom. The van der Waals surface area contributed by atoms with Crippen LogP contribution in [0.2, 0.25) is 0 Å². The van der Waals surface area contributed by atoms with Crippen LogP contribution in [0, 0.1) is 6.92 Å². The summed E-state index contributed by atoms with van der Waals surface area (Å²) in [6.07, 6.45) is 0.848. The number of ether oxygens (including phenoxy) is 2. The van der Waals surface area contributed by atoms with Crippen LogP contribution in [-0.4, -0.2) is 57.7 Å². The minimum atomic E-state index is -0.00611. The van der Waals surface area contributed by atoms with E-state index in [0.717, 1.165) is 41.4 Å². The molecule has 0 aliphatic rings. The number of rotatable bonds is 11. The maximum absolute atomic E-state index is 12.0. The van der Waals surface area contributed by atoms with Gasteiger partial charge in [-0.25, -0.2) is 4.99 Å². The number of carbonyl (C=O) groups is 1. The number of nitrogens with zero attached hydrogens (tertiary/aromatic N) is 2. The molecule has 7 heteroatoms. The molecular formula is C25H36N4O3. The molecule has 2 rings (SSSR count). The van der Waals surface area contributed by atoms with E-state index in [-0.39, 0.29) is 5.91 Å². The molecule has 2 aromatic rings. The van der Waals surface area contributed by atoms with Crippen molar-refractivity contribution < 1.29 is 14.3 Å². The third-order valence-electron chi connectivity index (χ3n) is 4.79. The topological polar surface area (TPSA) is 75.2 Å². The van der Waals surface area contributed by atoms with Gasteiger partial charge < -0.3 is 25.0 Å². The van der Waals surface area contributed by atoms with E-state index in [1.54, 1.807) is 26.1 Å². The Bertz CT molecular complexity index is 879. The molecule has 32 heavy (non-hydrogen) atoms. The number of aliphatic imine (C=N–C) groups is 1. The standard InChI is InChI=1S/C25H36N4O3/c1-6-26-25(27-17-20-9-12-21(13-10-20)24(30)29(3)4)28-18-22-11-8-19(2)16-23(22)32-15-7-14-31-5/h8-13,16H,6-7,14-15,17-18H2,1-5H3,(H2,26,27,28). The van der Waals surface area contributed by atoms with E-state index in [1.807, 2.05) is 31.2 Å². The van der Waals surface area contributed by atoms with Gasteiger partial charge in [0.1, 0.15) is 5.75 Å². The van der Waals surface area contributed by atoms with Gasteiger partial charge in [-0.15, -0.1) is 0 Å². The molecule has 0 heterocycles. The summed E-state index contributed by atoms with van der Waals surface area (Å²) >= 11 is 0. The van der Waals surface area contributed by atoms with Gasteiger partial charge in [-0.2, -0.15) is 0 Å². The molecule has 0 aliphatic carbocycles. The van der Waals surface area contributed by atoms with Crippen molar-refractivity contribution in [3.8, 4) is 5.75 Å². The second-order valence-corrected chi connectivity index (χ2v) is 7.75. The monoisotopic (exact) mass is 440 g/mol. The molecule has 0 aromatic heterocycles. The van der Waals surface area contributed by atoms with Gasteiger partial charge in [0.05, 0.1) is 13.2 Å². The first-order valence-corrected chi connectivity index (χ1v) is 11.0. The van der Waals surface area contributed by atoms with Gasteiger partial charge in [0.25, 0.3) is 5.91 Å². The van der Waals surface area contributed by atoms with Crippen molar-refractivity contribution in [3.05, 3.63) is 64.7 Å². The van der Waals surface area contributed by atoms with Gasteiger partial charge in [-0.1, -0.05) is 24.3 Å². The quantitative estimate of drug-likeness (QED) is 0.318. The van der Waals surface area contributed by atoms with Crippen LogP contribution < -0.4 is 15.4 Å². The lowest BCUT2D eigenvalue weighted by Crippen LogP contribution is -2.36. The highest BCUT2D eigenvalue weighted by molar-refractivity contribution is 5.93. The molecule has 0 bridgehead atoms. The van der Waals surface area contributed by atoms with E-state index in [4.69, 9.17) is 9.47 Å². The highest BCUT2D eigenvalue weighted by Gasteiger charge is 2.08. The van der Waals surface area contributed by atoms with Gasteiger partial charge in [0.2, 0.25) is 0 Å². The van der Waals surface area contributed by atoms with Crippen LogP contribution in [0.4, 0.5) is 0 Å². The number of methoxy groups -OCH3 is 1. The zero-order chi connectivity index (χ0) is 23.3. The zero-order valence-corrected chi connectivity index (χ0v) is 19.9. The summed E-state index contributed by atoms with van der Waals surface area (Å²) in [6, 6.07) is 13.8. The highest BCUT2D eigenvalue weighted by atomic mass is 16.5. The fraction of sp³-hybridized carbons (Fsp3) is 0.440. The summed E-state index contributed by atoms with van der Waals surface area (Å²) in [7, 11) is 5.19. The van der Waals surface area contributed by atoms with E-state index in [1.165, 1.54) is 0 Å².